The Morgan fingerprint density at radius 3 is 3.35 bits per heavy atom. The first-order chi connectivity index (χ1) is 8.38. The Morgan fingerprint density at radius 2 is 2.59 bits per heavy atom. The number of hydroxylamine groups is 2. The van der Waals surface area contributed by atoms with Crippen molar-refractivity contribution in [3.8, 4) is 0 Å². The van der Waals surface area contributed by atoms with E-state index in [9.17, 15) is 0 Å². The molecule has 0 radical (unpaired) electrons. The second-order valence-corrected chi connectivity index (χ2v) is 4.27. The molecule has 2 bridgehead atoms. The average Bonchev–Trinajstić information content (AvgIpc) is 2.97. The van der Waals surface area contributed by atoms with Gasteiger partial charge in [-0.05, 0) is 5.57 Å². The molecule has 5 heteroatoms. The number of aromatic nitrogens is 1. The van der Waals surface area contributed by atoms with Crippen LogP contribution in [0, 0.1) is 0 Å². The maximum absolute atomic E-state index is 5.68. The Labute approximate surface area is 99.9 Å². The Kier molecular flexibility index (Phi) is 2.80. The van der Waals surface area contributed by atoms with Gasteiger partial charge in [0.25, 0.3) is 0 Å². The number of hydrogen-bond donors (Lipinski definition) is 0. The number of hydrogen-bond acceptors (Lipinski definition) is 5. The van der Waals surface area contributed by atoms with Crippen molar-refractivity contribution in [2.24, 2.45) is 0 Å². The highest BCUT2D eigenvalue weighted by Gasteiger charge is 2.37. The molecule has 5 nitrogen and oxygen atoms in total. The summed E-state index contributed by atoms with van der Waals surface area (Å²) in [5.74, 6) is 0. The van der Waals surface area contributed by atoms with Crippen molar-refractivity contribution in [3.63, 3.8) is 0 Å². The zero-order valence-corrected chi connectivity index (χ0v) is 9.58. The fourth-order valence-corrected chi connectivity index (χ4v) is 2.38. The lowest BCUT2D eigenvalue weighted by atomic mass is 9.99. The largest absolute Gasteiger partial charge is 0.364 e. The fraction of sp³-hybridized carbons (Fsp3) is 0.417. The van der Waals surface area contributed by atoms with E-state index in [0.29, 0.717) is 6.61 Å². The van der Waals surface area contributed by atoms with Crippen LogP contribution >= 0.6 is 0 Å². The first-order valence-corrected chi connectivity index (χ1v) is 5.71. The highest BCUT2D eigenvalue weighted by Crippen LogP contribution is 2.31. The second kappa shape index (κ2) is 4.44. The quantitative estimate of drug-likeness (QED) is 0.729. The fourth-order valence-electron chi connectivity index (χ4n) is 2.38. The summed E-state index contributed by atoms with van der Waals surface area (Å²) >= 11 is 0. The van der Waals surface area contributed by atoms with Crippen LogP contribution in [-0.4, -0.2) is 47.5 Å². The summed E-state index contributed by atoms with van der Waals surface area (Å²) in [4.78, 5) is 8.01. The molecule has 2 unspecified atom stereocenters. The molecule has 17 heavy (non-hydrogen) atoms. The Morgan fingerprint density at radius 1 is 1.65 bits per heavy atom. The lowest BCUT2D eigenvalue weighted by molar-refractivity contribution is -0.151. The molecule has 0 N–H and O–H groups in total. The lowest BCUT2D eigenvalue weighted by Gasteiger charge is -2.24. The van der Waals surface area contributed by atoms with Gasteiger partial charge in [-0.2, -0.15) is 5.06 Å². The molecule has 1 aromatic rings. The van der Waals surface area contributed by atoms with E-state index >= 15 is 0 Å². The normalized spacial score (nSPS) is 28.1. The summed E-state index contributed by atoms with van der Waals surface area (Å²) in [5.41, 5.74) is 2.29. The SMILES string of the molecule is C=CCON1CN2CC=C(c3cnoc3)C1C2. The Balaban J connectivity index is 1.81. The van der Waals surface area contributed by atoms with E-state index in [2.05, 4.69) is 22.7 Å². The highest BCUT2D eigenvalue weighted by molar-refractivity contribution is 5.70. The number of rotatable bonds is 4. The van der Waals surface area contributed by atoms with Crippen molar-refractivity contribution in [2.75, 3.05) is 26.4 Å². The maximum atomic E-state index is 5.68. The number of fused-ring (bicyclic) bond motifs is 2. The summed E-state index contributed by atoms with van der Waals surface area (Å²) in [6.45, 7) is 6.99. The molecule has 3 heterocycles. The topological polar surface area (TPSA) is 41.7 Å². The monoisotopic (exact) mass is 233 g/mol. The molecule has 0 saturated carbocycles. The molecular formula is C12H15N3O2. The van der Waals surface area contributed by atoms with E-state index in [0.717, 1.165) is 25.3 Å². The van der Waals surface area contributed by atoms with Gasteiger partial charge >= 0.3 is 0 Å². The lowest BCUT2D eigenvalue weighted by Crippen LogP contribution is -2.32. The molecule has 1 aromatic heterocycles. The van der Waals surface area contributed by atoms with E-state index in [1.165, 1.54) is 5.57 Å². The van der Waals surface area contributed by atoms with Gasteiger partial charge in [-0.3, -0.25) is 9.74 Å². The van der Waals surface area contributed by atoms with Crippen molar-refractivity contribution in [3.05, 3.63) is 36.8 Å². The summed E-state index contributed by atoms with van der Waals surface area (Å²) in [6, 6.07) is 0.267. The molecule has 2 atom stereocenters. The molecule has 90 valence electrons. The van der Waals surface area contributed by atoms with E-state index in [1.807, 2.05) is 5.06 Å². The van der Waals surface area contributed by atoms with E-state index in [4.69, 9.17) is 9.36 Å². The summed E-state index contributed by atoms with van der Waals surface area (Å²) in [7, 11) is 0. The molecule has 1 fully saturated rings. The van der Waals surface area contributed by atoms with E-state index in [1.54, 1.807) is 18.5 Å². The molecule has 0 aliphatic carbocycles. The third-order valence-corrected chi connectivity index (χ3v) is 3.17. The van der Waals surface area contributed by atoms with Gasteiger partial charge in [0, 0.05) is 18.7 Å². The van der Waals surface area contributed by atoms with Crippen LogP contribution in [0.3, 0.4) is 0 Å². The predicted molar refractivity (Wildman–Crippen MR) is 62.7 cm³/mol. The highest BCUT2D eigenvalue weighted by atomic mass is 16.7. The van der Waals surface area contributed by atoms with Crippen LogP contribution in [0.5, 0.6) is 0 Å². The third kappa shape index (κ3) is 1.93. The van der Waals surface area contributed by atoms with Gasteiger partial charge < -0.3 is 4.52 Å². The van der Waals surface area contributed by atoms with Gasteiger partial charge in [0.2, 0.25) is 0 Å². The smallest absolute Gasteiger partial charge is 0.131 e. The minimum Gasteiger partial charge on any atom is -0.364 e. The van der Waals surface area contributed by atoms with Crippen LogP contribution < -0.4 is 0 Å². The molecule has 0 spiro atoms. The summed E-state index contributed by atoms with van der Waals surface area (Å²) in [6.07, 6.45) is 7.43. The van der Waals surface area contributed by atoms with E-state index < -0.39 is 0 Å². The summed E-state index contributed by atoms with van der Waals surface area (Å²) < 4.78 is 4.91. The molecule has 2 aliphatic heterocycles. The minimum atomic E-state index is 0.267. The zero-order chi connectivity index (χ0) is 11.7. The maximum Gasteiger partial charge on any atom is 0.131 e. The van der Waals surface area contributed by atoms with Crippen LogP contribution in [0.25, 0.3) is 5.57 Å². The van der Waals surface area contributed by atoms with Gasteiger partial charge in [0.15, 0.2) is 0 Å². The minimum absolute atomic E-state index is 0.267. The van der Waals surface area contributed by atoms with Gasteiger partial charge in [-0.25, -0.2) is 0 Å². The van der Waals surface area contributed by atoms with Gasteiger partial charge in [0.05, 0.1) is 25.5 Å². The first-order valence-electron chi connectivity index (χ1n) is 5.71. The Bertz CT molecular complexity index is 427. The van der Waals surface area contributed by atoms with Gasteiger partial charge in [0.1, 0.15) is 6.26 Å². The molecule has 3 rings (SSSR count). The van der Waals surface area contributed by atoms with Crippen LogP contribution in [0.1, 0.15) is 5.56 Å². The number of nitrogens with zero attached hydrogens (tertiary/aromatic N) is 3. The first kappa shape index (κ1) is 10.7. The molecule has 0 amide bonds. The molecule has 0 aromatic carbocycles. The van der Waals surface area contributed by atoms with Gasteiger partial charge in [-0.15, -0.1) is 6.58 Å². The van der Waals surface area contributed by atoms with Gasteiger partial charge in [-0.1, -0.05) is 17.3 Å². The molecule has 2 aliphatic rings. The third-order valence-electron chi connectivity index (χ3n) is 3.17. The standard InChI is InChI=1S/C12H15N3O2/c1-2-5-17-15-9-14-4-3-11(12(15)7-14)10-6-13-16-8-10/h2-3,6,8,12H,1,4-5,7,9H2. The van der Waals surface area contributed by atoms with Crippen molar-refractivity contribution in [1.82, 2.24) is 15.1 Å². The molecule has 1 saturated heterocycles. The van der Waals surface area contributed by atoms with Crippen molar-refractivity contribution < 1.29 is 9.36 Å². The van der Waals surface area contributed by atoms with Crippen molar-refractivity contribution in [1.29, 1.82) is 0 Å². The summed E-state index contributed by atoms with van der Waals surface area (Å²) in [5, 5.41) is 5.77. The van der Waals surface area contributed by atoms with Crippen LogP contribution in [0.15, 0.2) is 35.7 Å². The second-order valence-electron chi connectivity index (χ2n) is 4.27. The average molecular weight is 233 g/mol. The Hall–Kier alpha value is -1.43. The molecular weight excluding hydrogens is 218 g/mol. The van der Waals surface area contributed by atoms with Crippen molar-refractivity contribution in [2.45, 2.75) is 6.04 Å². The predicted octanol–water partition coefficient (Wildman–Crippen LogP) is 1.13. The zero-order valence-electron chi connectivity index (χ0n) is 9.58. The van der Waals surface area contributed by atoms with Crippen LogP contribution in [-0.2, 0) is 4.84 Å². The van der Waals surface area contributed by atoms with Crippen LogP contribution in [0.2, 0.25) is 0 Å². The van der Waals surface area contributed by atoms with Crippen molar-refractivity contribution >= 4 is 5.57 Å². The van der Waals surface area contributed by atoms with Crippen LogP contribution in [0.4, 0.5) is 0 Å². The van der Waals surface area contributed by atoms with E-state index in [-0.39, 0.29) is 6.04 Å².